The maximum absolute atomic E-state index is 14.4. The number of aryl methyl sites for hydroxylation is 1. The van der Waals surface area contributed by atoms with E-state index in [4.69, 9.17) is 9.57 Å². The second kappa shape index (κ2) is 11.1. The number of hydrogen-bond acceptors (Lipinski definition) is 4. The maximum atomic E-state index is 14.4. The Morgan fingerprint density at radius 3 is 2.53 bits per heavy atom. The van der Waals surface area contributed by atoms with Crippen LogP contribution in [0.2, 0.25) is 0 Å². The highest BCUT2D eigenvalue weighted by Gasteiger charge is 2.18. The van der Waals surface area contributed by atoms with Crippen molar-refractivity contribution in [2.45, 2.75) is 18.2 Å². The number of allylic oxidation sites excluding steroid dienone is 2. The van der Waals surface area contributed by atoms with Crippen molar-refractivity contribution in [3.63, 3.8) is 0 Å². The van der Waals surface area contributed by atoms with Crippen molar-refractivity contribution in [2.75, 3.05) is 12.9 Å². The molecule has 1 aliphatic rings. The third-order valence-corrected chi connectivity index (χ3v) is 6.43. The average molecular weight is 476 g/mol. The van der Waals surface area contributed by atoms with Gasteiger partial charge in [0.15, 0.2) is 0 Å². The fraction of sp³-hybridized carbons (Fsp3) is 0.143. The summed E-state index contributed by atoms with van der Waals surface area (Å²) in [5.41, 5.74) is 8.84. The fourth-order valence-corrected chi connectivity index (χ4v) is 4.48. The lowest BCUT2D eigenvalue weighted by Gasteiger charge is -2.07. The van der Waals surface area contributed by atoms with E-state index in [1.54, 1.807) is 12.3 Å². The number of benzene rings is 3. The summed E-state index contributed by atoms with van der Waals surface area (Å²) >= 11 is 0. The molecule has 1 N–H and O–H groups in total. The number of para-hydroxylation sites is 1. The Balaban J connectivity index is 1.42. The van der Waals surface area contributed by atoms with Crippen LogP contribution in [0.5, 0.6) is 5.75 Å². The molecule has 3 aromatic carbocycles. The van der Waals surface area contributed by atoms with Crippen molar-refractivity contribution < 1.29 is 18.2 Å². The van der Waals surface area contributed by atoms with Crippen LogP contribution in [0.25, 0.3) is 17.2 Å². The smallest absolute Gasteiger partial charge is 0.139 e. The molecule has 0 bridgehead atoms. The summed E-state index contributed by atoms with van der Waals surface area (Å²) in [6.07, 6.45) is 9.42. The van der Waals surface area contributed by atoms with Crippen molar-refractivity contribution >= 4 is 28.0 Å². The van der Waals surface area contributed by atoms with E-state index in [-0.39, 0.29) is 4.90 Å². The first-order valence-corrected chi connectivity index (χ1v) is 12.5. The SMILES string of the molecule is Cc1cc(S(C)=O)c(F)cc1C=C1C=C(CCONC=COc2ccccc2)c2ccccc21. The second-order valence-electron chi connectivity index (χ2n) is 7.86. The fourth-order valence-electron chi connectivity index (χ4n) is 3.81. The number of rotatable bonds is 9. The monoisotopic (exact) mass is 475 g/mol. The first-order valence-electron chi connectivity index (χ1n) is 10.9. The summed E-state index contributed by atoms with van der Waals surface area (Å²) in [6.45, 7) is 2.37. The normalized spacial score (nSPS) is 14.8. The lowest BCUT2D eigenvalue weighted by atomic mass is 10.0. The van der Waals surface area contributed by atoms with Crippen molar-refractivity contribution in [1.29, 1.82) is 0 Å². The molecule has 1 aliphatic carbocycles. The van der Waals surface area contributed by atoms with Gasteiger partial charge in [-0.2, -0.15) is 0 Å². The molecule has 0 heterocycles. The summed E-state index contributed by atoms with van der Waals surface area (Å²) in [6, 6.07) is 20.8. The highest BCUT2D eigenvalue weighted by Crippen LogP contribution is 2.38. The number of hydrogen-bond donors (Lipinski definition) is 1. The van der Waals surface area contributed by atoms with E-state index < -0.39 is 16.6 Å². The van der Waals surface area contributed by atoms with E-state index in [1.807, 2.05) is 55.5 Å². The Labute approximate surface area is 201 Å². The van der Waals surface area contributed by atoms with Gasteiger partial charge >= 0.3 is 0 Å². The average Bonchev–Trinajstić information content (AvgIpc) is 3.18. The summed E-state index contributed by atoms with van der Waals surface area (Å²) in [4.78, 5) is 5.75. The highest BCUT2D eigenvalue weighted by atomic mass is 32.2. The number of fused-ring (bicyclic) bond motifs is 1. The van der Waals surface area contributed by atoms with Crippen LogP contribution in [0.15, 0.2) is 90.2 Å². The molecule has 0 saturated heterocycles. The van der Waals surface area contributed by atoms with Crippen LogP contribution in [-0.4, -0.2) is 17.1 Å². The van der Waals surface area contributed by atoms with E-state index in [2.05, 4.69) is 23.7 Å². The lowest BCUT2D eigenvalue weighted by molar-refractivity contribution is 0.0749. The predicted molar refractivity (Wildman–Crippen MR) is 136 cm³/mol. The van der Waals surface area contributed by atoms with Gasteiger partial charge in [0, 0.05) is 6.26 Å². The van der Waals surface area contributed by atoms with Gasteiger partial charge in [-0.25, -0.2) is 4.39 Å². The Hall–Kier alpha value is -3.48. The Kier molecular flexibility index (Phi) is 7.72. The number of nitrogens with one attached hydrogen (secondary N) is 1. The zero-order valence-corrected chi connectivity index (χ0v) is 19.9. The Morgan fingerprint density at radius 2 is 1.76 bits per heavy atom. The van der Waals surface area contributed by atoms with Gasteiger partial charge in [-0.3, -0.25) is 14.5 Å². The van der Waals surface area contributed by atoms with Gasteiger partial charge in [-0.1, -0.05) is 48.5 Å². The zero-order valence-electron chi connectivity index (χ0n) is 19.1. The van der Waals surface area contributed by atoms with Gasteiger partial charge in [0.25, 0.3) is 0 Å². The topological polar surface area (TPSA) is 47.6 Å². The summed E-state index contributed by atoms with van der Waals surface area (Å²) in [5.74, 6) is 0.304. The van der Waals surface area contributed by atoms with Gasteiger partial charge in [0.05, 0.1) is 28.5 Å². The third kappa shape index (κ3) is 5.71. The van der Waals surface area contributed by atoms with Crippen LogP contribution < -0.4 is 10.2 Å². The molecule has 4 rings (SSSR count). The van der Waals surface area contributed by atoms with Gasteiger partial charge < -0.3 is 4.74 Å². The number of ether oxygens (including phenoxy) is 1. The highest BCUT2D eigenvalue weighted by molar-refractivity contribution is 7.84. The molecule has 1 atom stereocenters. The predicted octanol–water partition coefficient (Wildman–Crippen LogP) is 6.27. The molecule has 4 nitrogen and oxygen atoms in total. The summed E-state index contributed by atoms with van der Waals surface area (Å²) in [5, 5.41) is 0. The molecule has 0 amide bonds. The van der Waals surface area contributed by atoms with Crippen LogP contribution in [0.1, 0.15) is 28.7 Å². The summed E-state index contributed by atoms with van der Waals surface area (Å²) < 4.78 is 31.6. The second-order valence-corrected chi connectivity index (χ2v) is 9.21. The molecule has 0 fully saturated rings. The van der Waals surface area contributed by atoms with Gasteiger partial charge in [0.2, 0.25) is 0 Å². The number of hydroxylamine groups is 1. The van der Waals surface area contributed by atoms with E-state index in [1.165, 1.54) is 18.6 Å². The standard InChI is InChI=1S/C28H26FNO3S/c1-20-16-28(34(2)31)27(29)19-22(20)18-23-17-21(25-10-6-7-11-26(23)25)12-14-33-30-13-15-32-24-8-4-3-5-9-24/h3-11,13,15-19,30H,12,14H2,1-2H3. The van der Waals surface area contributed by atoms with Crippen molar-refractivity contribution in [3.8, 4) is 5.75 Å². The first kappa shape index (κ1) is 23.7. The maximum Gasteiger partial charge on any atom is 0.139 e. The van der Waals surface area contributed by atoms with Crippen LogP contribution in [0.4, 0.5) is 4.39 Å². The molecule has 0 saturated carbocycles. The molecule has 0 spiro atoms. The van der Waals surface area contributed by atoms with E-state index in [9.17, 15) is 8.60 Å². The lowest BCUT2D eigenvalue weighted by Crippen LogP contribution is -2.08. The van der Waals surface area contributed by atoms with E-state index in [0.717, 1.165) is 39.1 Å². The molecule has 6 heteroatoms. The molecule has 34 heavy (non-hydrogen) atoms. The first-order chi connectivity index (χ1) is 16.5. The van der Waals surface area contributed by atoms with E-state index in [0.29, 0.717) is 13.0 Å². The minimum atomic E-state index is -1.36. The van der Waals surface area contributed by atoms with Crippen LogP contribution in [0.3, 0.4) is 0 Å². The van der Waals surface area contributed by atoms with Gasteiger partial charge in [-0.05, 0) is 77.1 Å². The van der Waals surface area contributed by atoms with Crippen LogP contribution in [-0.2, 0) is 15.6 Å². The molecular weight excluding hydrogens is 449 g/mol. The Morgan fingerprint density at radius 1 is 1.03 bits per heavy atom. The van der Waals surface area contributed by atoms with Gasteiger partial charge in [0.1, 0.15) is 17.8 Å². The minimum Gasteiger partial charge on any atom is -0.463 e. The number of halogens is 1. The molecule has 0 radical (unpaired) electrons. The van der Waals surface area contributed by atoms with Crippen molar-refractivity contribution in [2.24, 2.45) is 0 Å². The largest absolute Gasteiger partial charge is 0.463 e. The molecule has 1 unspecified atom stereocenters. The molecule has 0 aliphatic heterocycles. The summed E-state index contributed by atoms with van der Waals surface area (Å²) in [7, 11) is -1.36. The minimum absolute atomic E-state index is 0.232. The molecule has 174 valence electrons. The van der Waals surface area contributed by atoms with Crippen LogP contribution in [0, 0.1) is 12.7 Å². The molecular formula is C28H26FNO3S. The van der Waals surface area contributed by atoms with Crippen molar-refractivity contribution in [1.82, 2.24) is 5.48 Å². The molecule has 3 aromatic rings. The quantitative estimate of drug-likeness (QED) is 0.225. The third-order valence-electron chi connectivity index (χ3n) is 5.50. The van der Waals surface area contributed by atoms with Crippen molar-refractivity contribution in [3.05, 3.63) is 113 Å². The molecule has 0 aromatic heterocycles. The van der Waals surface area contributed by atoms with Crippen LogP contribution >= 0.6 is 0 Å². The van der Waals surface area contributed by atoms with E-state index >= 15 is 0 Å². The Bertz CT molecular complexity index is 1280. The zero-order chi connectivity index (χ0) is 23.9. The van der Waals surface area contributed by atoms with Gasteiger partial charge in [-0.15, -0.1) is 0 Å².